The van der Waals surface area contributed by atoms with Gasteiger partial charge in [0.25, 0.3) is 0 Å². The first-order valence-corrected chi connectivity index (χ1v) is 8.70. The second-order valence-corrected chi connectivity index (χ2v) is 6.41. The van der Waals surface area contributed by atoms with Crippen LogP contribution in [0.25, 0.3) is 0 Å². The monoisotopic (exact) mass is 394 g/mol. The predicted molar refractivity (Wildman–Crippen MR) is 106 cm³/mol. The summed E-state index contributed by atoms with van der Waals surface area (Å²) in [7, 11) is 1.56. The first-order chi connectivity index (χ1) is 12.6. The summed E-state index contributed by atoms with van der Waals surface area (Å²) >= 11 is 0. The van der Waals surface area contributed by atoms with Crippen molar-refractivity contribution in [2.24, 2.45) is 5.92 Å². The Balaban J connectivity index is 0.00000261. The Labute approximate surface area is 164 Å². The number of nitrogens with one attached hydrogen (secondary N) is 2. The van der Waals surface area contributed by atoms with Gasteiger partial charge >= 0.3 is 0 Å². The minimum Gasteiger partial charge on any atom is -0.493 e. The molecule has 0 bridgehead atoms. The minimum absolute atomic E-state index is 0. The fraction of sp³-hybridized carbons (Fsp3) is 0.350. The third-order valence-corrected chi connectivity index (χ3v) is 4.45. The lowest BCUT2D eigenvalue weighted by Crippen LogP contribution is -2.34. The summed E-state index contributed by atoms with van der Waals surface area (Å²) in [4.78, 5) is 12.5. The maximum Gasteiger partial charge on any atom is 0.227 e. The summed E-state index contributed by atoms with van der Waals surface area (Å²) < 4.78 is 25.0. The summed E-state index contributed by atoms with van der Waals surface area (Å²) in [5, 5.41) is 6.04. The number of halogens is 2. The Bertz CT molecular complexity index is 795. The van der Waals surface area contributed by atoms with Crippen LogP contribution in [0, 0.1) is 18.7 Å². The quantitative estimate of drug-likeness (QED) is 0.794. The molecule has 1 amide bonds. The van der Waals surface area contributed by atoms with Crippen LogP contribution < -0.4 is 20.1 Å². The third kappa shape index (κ3) is 5.34. The molecule has 27 heavy (non-hydrogen) atoms. The number of benzene rings is 2. The summed E-state index contributed by atoms with van der Waals surface area (Å²) in [5.41, 5.74) is 1.35. The SMILES string of the molecule is COc1cc(C)ccc1Oc1ccc(F)cc1NC(=O)C1CCNCC1.Cl. The predicted octanol–water partition coefficient (Wildman–Crippen LogP) is 4.29. The molecule has 3 rings (SSSR count). The van der Waals surface area contributed by atoms with Crippen LogP contribution in [0.5, 0.6) is 17.2 Å². The zero-order valence-corrected chi connectivity index (χ0v) is 16.2. The lowest BCUT2D eigenvalue weighted by Gasteiger charge is -2.22. The summed E-state index contributed by atoms with van der Waals surface area (Å²) in [5.74, 6) is 0.816. The number of carbonyl (C=O) groups is 1. The number of hydrogen-bond donors (Lipinski definition) is 2. The van der Waals surface area contributed by atoms with Gasteiger partial charge in [-0.1, -0.05) is 6.07 Å². The topological polar surface area (TPSA) is 59.6 Å². The number of amides is 1. The molecule has 7 heteroatoms. The second kappa shape index (κ2) is 9.58. The third-order valence-electron chi connectivity index (χ3n) is 4.45. The van der Waals surface area contributed by atoms with E-state index < -0.39 is 5.82 Å². The molecule has 146 valence electrons. The van der Waals surface area contributed by atoms with Crippen molar-refractivity contribution in [3.63, 3.8) is 0 Å². The van der Waals surface area contributed by atoms with Crippen molar-refractivity contribution in [2.75, 3.05) is 25.5 Å². The van der Waals surface area contributed by atoms with E-state index in [1.807, 2.05) is 19.1 Å². The minimum atomic E-state index is -0.436. The molecule has 1 heterocycles. The van der Waals surface area contributed by atoms with E-state index in [1.165, 1.54) is 18.2 Å². The van der Waals surface area contributed by atoms with Crippen molar-refractivity contribution in [3.05, 3.63) is 47.8 Å². The maximum absolute atomic E-state index is 13.7. The molecule has 0 spiro atoms. The van der Waals surface area contributed by atoms with Crippen LogP contribution in [0.15, 0.2) is 36.4 Å². The molecule has 0 radical (unpaired) electrons. The summed E-state index contributed by atoms with van der Waals surface area (Å²) in [6, 6.07) is 9.62. The Morgan fingerprint density at radius 1 is 1.11 bits per heavy atom. The van der Waals surface area contributed by atoms with Gasteiger partial charge in [-0.2, -0.15) is 0 Å². The van der Waals surface area contributed by atoms with E-state index in [0.29, 0.717) is 22.9 Å². The number of carbonyl (C=O) groups excluding carboxylic acids is 1. The second-order valence-electron chi connectivity index (χ2n) is 6.41. The van der Waals surface area contributed by atoms with Gasteiger partial charge in [0.2, 0.25) is 5.91 Å². The van der Waals surface area contributed by atoms with Crippen molar-refractivity contribution >= 4 is 24.0 Å². The zero-order valence-electron chi connectivity index (χ0n) is 15.4. The Morgan fingerprint density at radius 3 is 2.52 bits per heavy atom. The Kier molecular flexibility index (Phi) is 7.45. The van der Waals surface area contributed by atoms with Crippen LogP contribution in [0.4, 0.5) is 10.1 Å². The van der Waals surface area contributed by atoms with E-state index in [1.54, 1.807) is 13.2 Å². The van der Waals surface area contributed by atoms with E-state index in [0.717, 1.165) is 31.5 Å². The fourth-order valence-electron chi connectivity index (χ4n) is 2.99. The highest BCUT2D eigenvalue weighted by Crippen LogP contribution is 2.36. The lowest BCUT2D eigenvalue weighted by atomic mass is 9.97. The summed E-state index contributed by atoms with van der Waals surface area (Å²) in [6.07, 6.45) is 1.53. The number of rotatable bonds is 5. The number of methoxy groups -OCH3 is 1. The largest absolute Gasteiger partial charge is 0.493 e. The van der Waals surface area contributed by atoms with E-state index in [9.17, 15) is 9.18 Å². The highest BCUT2D eigenvalue weighted by Gasteiger charge is 2.22. The molecular formula is C20H24ClFN2O3. The van der Waals surface area contributed by atoms with Crippen molar-refractivity contribution in [1.82, 2.24) is 5.32 Å². The molecule has 2 aromatic rings. The molecule has 0 saturated carbocycles. The smallest absolute Gasteiger partial charge is 0.227 e. The molecule has 1 aliphatic rings. The van der Waals surface area contributed by atoms with Crippen LogP contribution in [0.2, 0.25) is 0 Å². The molecule has 0 unspecified atom stereocenters. The van der Waals surface area contributed by atoms with Crippen LogP contribution in [0.3, 0.4) is 0 Å². The molecule has 1 saturated heterocycles. The van der Waals surface area contributed by atoms with Gasteiger partial charge in [0.1, 0.15) is 5.82 Å². The van der Waals surface area contributed by atoms with Gasteiger partial charge in [0, 0.05) is 12.0 Å². The van der Waals surface area contributed by atoms with Gasteiger partial charge in [-0.05, 0) is 62.7 Å². The van der Waals surface area contributed by atoms with Gasteiger partial charge in [-0.25, -0.2) is 4.39 Å². The molecule has 0 aromatic heterocycles. The number of piperidine rings is 1. The van der Waals surface area contributed by atoms with Crippen molar-refractivity contribution in [1.29, 1.82) is 0 Å². The summed E-state index contributed by atoms with van der Waals surface area (Å²) in [6.45, 7) is 3.57. The van der Waals surface area contributed by atoms with Crippen LogP contribution in [-0.4, -0.2) is 26.1 Å². The first-order valence-electron chi connectivity index (χ1n) is 8.70. The molecule has 0 aliphatic carbocycles. The average Bonchev–Trinajstić information content (AvgIpc) is 2.65. The van der Waals surface area contributed by atoms with Crippen LogP contribution in [-0.2, 0) is 4.79 Å². The van der Waals surface area contributed by atoms with E-state index >= 15 is 0 Å². The molecule has 1 fully saturated rings. The van der Waals surface area contributed by atoms with Gasteiger partial charge in [0.05, 0.1) is 12.8 Å². The standard InChI is InChI=1S/C20H23FN2O3.ClH/c1-13-3-5-18(19(11-13)25-2)26-17-6-4-15(21)12-16(17)23-20(24)14-7-9-22-10-8-14;/h3-6,11-12,14,22H,7-10H2,1-2H3,(H,23,24);1H. The maximum atomic E-state index is 13.7. The Hall–Kier alpha value is -2.31. The van der Waals surface area contributed by atoms with E-state index in [4.69, 9.17) is 9.47 Å². The normalized spacial score (nSPS) is 14.2. The molecule has 5 nitrogen and oxygen atoms in total. The molecule has 2 N–H and O–H groups in total. The highest BCUT2D eigenvalue weighted by atomic mass is 35.5. The average molecular weight is 395 g/mol. The van der Waals surface area contributed by atoms with Gasteiger partial charge in [-0.3, -0.25) is 4.79 Å². The van der Waals surface area contributed by atoms with Crippen LogP contribution in [0.1, 0.15) is 18.4 Å². The van der Waals surface area contributed by atoms with Gasteiger partial charge < -0.3 is 20.1 Å². The fourth-order valence-corrected chi connectivity index (χ4v) is 2.99. The molecule has 1 aliphatic heterocycles. The van der Waals surface area contributed by atoms with Crippen molar-refractivity contribution in [3.8, 4) is 17.2 Å². The number of ether oxygens (including phenoxy) is 2. The van der Waals surface area contributed by atoms with Crippen molar-refractivity contribution in [2.45, 2.75) is 19.8 Å². The molecule has 0 atom stereocenters. The number of aryl methyl sites for hydroxylation is 1. The lowest BCUT2D eigenvalue weighted by molar-refractivity contribution is -0.120. The van der Waals surface area contributed by atoms with Gasteiger partial charge in [-0.15, -0.1) is 12.4 Å². The van der Waals surface area contributed by atoms with Crippen LogP contribution >= 0.6 is 12.4 Å². The number of anilines is 1. The van der Waals surface area contributed by atoms with E-state index in [-0.39, 0.29) is 24.2 Å². The Morgan fingerprint density at radius 2 is 1.81 bits per heavy atom. The van der Waals surface area contributed by atoms with E-state index in [2.05, 4.69) is 10.6 Å². The highest BCUT2D eigenvalue weighted by molar-refractivity contribution is 5.94. The molecular weight excluding hydrogens is 371 g/mol. The molecule has 2 aromatic carbocycles. The van der Waals surface area contributed by atoms with Gasteiger partial charge in [0.15, 0.2) is 17.2 Å². The zero-order chi connectivity index (χ0) is 18.5. The number of hydrogen-bond acceptors (Lipinski definition) is 4. The van der Waals surface area contributed by atoms with Crippen molar-refractivity contribution < 1.29 is 18.7 Å². The first kappa shape index (κ1) is 21.0.